The van der Waals surface area contributed by atoms with Crippen molar-refractivity contribution in [2.24, 2.45) is 0 Å². The molecule has 3 rings (SSSR count). The first-order valence-corrected chi connectivity index (χ1v) is 13.9. The molecule has 0 aromatic heterocycles. The molecular formula is C29H34FN3O4S. The SMILES string of the molecule is CCCNC(=O)[C@@H](C)N(Cc1ccc(F)cc1)C(=O)CN(c1ccc(C)cc1)S(=O)(=O)c1ccc(C)cc1. The highest BCUT2D eigenvalue weighted by atomic mass is 32.2. The molecule has 0 saturated carbocycles. The first-order valence-electron chi connectivity index (χ1n) is 12.5. The van der Waals surface area contributed by atoms with E-state index in [1.807, 2.05) is 20.8 Å². The smallest absolute Gasteiger partial charge is 0.264 e. The van der Waals surface area contributed by atoms with E-state index in [1.165, 1.54) is 41.3 Å². The van der Waals surface area contributed by atoms with Crippen LogP contribution in [-0.4, -0.2) is 44.3 Å². The van der Waals surface area contributed by atoms with E-state index >= 15 is 0 Å². The van der Waals surface area contributed by atoms with Gasteiger partial charge in [0.2, 0.25) is 11.8 Å². The Kier molecular flexibility index (Phi) is 9.63. The molecule has 1 N–H and O–H groups in total. The second kappa shape index (κ2) is 12.7. The zero-order valence-electron chi connectivity index (χ0n) is 22.1. The van der Waals surface area contributed by atoms with Gasteiger partial charge in [-0.25, -0.2) is 12.8 Å². The van der Waals surface area contributed by atoms with E-state index in [9.17, 15) is 22.4 Å². The van der Waals surface area contributed by atoms with Gasteiger partial charge in [0, 0.05) is 13.1 Å². The lowest BCUT2D eigenvalue weighted by Crippen LogP contribution is -2.51. The van der Waals surface area contributed by atoms with Gasteiger partial charge in [-0.05, 0) is 69.2 Å². The minimum absolute atomic E-state index is 0.00609. The van der Waals surface area contributed by atoms with E-state index < -0.39 is 34.3 Å². The van der Waals surface area contributed by atoms with Crippen molar-refractivity contribution in [3.63, 3.8) is 0 Å². The van der Waals surface area contributed by atoms with Crippen LogP contribution in [0.1, 0.15) is 37.0 Å². The van der Waals surface area contributed by atoms with Crippen LogP contribution in [0.3, 0.4) is 0 Å². The van der Waals surface area contributed by atoms with Crippen molar-refractivity contribution >= 4 is 27.5 Å². The Morgan fingerprint density at radius 3 is 2.00 bits per heavy atom. The van der Waals surface area contributed by atoms with Gasteiger partial charge in [-0.2, -0.15) is 0 Å². The van der Waals surface area contributed by atoms with E-state index in [1.54, 1.807) is 43.3 Å². The molecule has 38 heavy (non-hydrogen) atoms. The lowest BCUT2D eigenvalue weighted by Gasteiger charge is -2.32. The maximum absolute atomic E-state index is 13.8. The van der Waals surface area contributed by atoms with Gasteiger partial charge in [0.25, 0.3) is 10.0 Å². The molecular weight excluding hydrogens is 505 g/mol. The number of carbonyl (C=O) groups excluding carboxylic acids is 2. The second-order valence-corrected chi connectivity index (χ2v) is 11.1. The fourth-order valence-electron chi connectivity index (χ4n) is 3.84. The molecule has 0 heterocycles. The van der Waals surface area contributed by atoms with Crippen molar-refractivity contribution in [1.82, 2.24) is 10.2 Å². The molecule has 0 unspecified atom stereocenters. The van der Waals surface area contributed by atoms with E-state index in [2.05, 4.69) is 5.32 Å². The molecule has 0 saturated heterocycles. The summed E-state index contributed by atoms with van der Waals surface area (Å²) in [4.78, 5) is 28.0. The number of hydrogen-bond acceptors (Lipinski definition) is 4. The summed E-state index contributed by atoms with van der Waals surface area (Å²) in [5, 5.41) is 2.79. The highest BCUT2D eigenvalue weighted by Gasteiger charge is 2.32. The first kappa shape index (κ1) is 28.8. The van der Waals surface area contributed by atoms with Crippen LogP contribution in [0.4, 0.5) is 10.1 Å². The van der Waals surface area contributed by atoms with Gasteiger partial charge in [-0.15, -0.1) is 0 Å². The number of benzene rings is 3. The predicted molar refractivity (Wildman–Crippen MR) is 147 cm³/mol. The van der Waals surface area contributed by atoms with E-state index in [0.29, 0.717) is 17.8 Å². The number of carbonyl (C=O) groups is 2. The highest BCUT2D eigenvalue weighted by Crippen LogP contribution is 2.25. The number of nitrogens with zero attached hydrogens (tertiary/aromatic N) is 2. The lowest BCUT2D eigenvalue weighted by molar-refractivity contribution is -0.139. The Labute approximate surface area is 224 Å². The fourth-order valence-corrected chi connectivity index (χ4v) is 5.26. The van der Waals surface area contributed by atoms with Gasteiger partial charge in [0.05, 0.1) is 10.6 Å². The number of rotatable bonds is 11. The van der Waals surface area contributed by atoms with E-state index in [-0.39, 0.29) is 17.3 Å². The predicted octanol–water partition coefficient (Wildman–Crippen LogP) is 4.58. The first-order chi connectivity index (χ1) is 18.0. The summed E-state index contributed by atoms with van der Waals surface area (Å²) >= 11 is 0. The number of hydrogen-bond donors (Lipinski definition) is 1. The summed E-state index contributed by atoms with van der Waals surface area (Å²) in [5.41, 5.74) is 2.78. The zero-order valence-corrected chi connectivity index (χ0v) is 23.0. The largest absolute Gasteiger partial charge is 0.354 e. The summed E-state index contributed by atoms with van der Waals surface area (Å²) in [6.07, 6.45) is 0.723. The van der Waals surface area contributed by atoms with Gasteiger partial charge < -0.3 is 10.2 Å². The molecule has 202 valence electrons. The molecule has 1 atom stereocenters. The summed E-state index contributed by atoms with van der Waals surface area (Å²) in [7, 11) is -4.12. The summed E-state index contributed by atoms with van der Waals surface area (Å²) in [5.74, 6) is -1.34. The quantitative estimate of drug-likeness (QED) is 0.387. The number of anilines is 1. The molecule has 0 radical (unpaired) electrons. The average molecular weight is 540 g/mol. The minimum Gasteiger partial charge on any atom is -0.354 e. The number of aryl methyl sites for hydroxylation is 2. The summed E-state index contributed by atoms with van der Waals surface area (Å²) in [6, 6.07) is 18.0. The highest BCUT2D eigenvalue weighted by molar-refractivity contribution is 7.92. The molecule has 0 spiro atoms. The molecule has 9 heteroatoms. The molecule has 0 bridgehead atoms. The van der Waals surface area contributed by atoms with Crippen molar-refractivity contribution < 1.29 is 22.4 Å². The second-order valence-electron chi connectivity index (χ2n) is 9.28. The molecule has 0 aliphatic rings. The van der Waals surface area contributed by atoms with Crippen LogP contribution < -0.4 is 9.62 Å². The van der Waals surface area contributed by atoms with Gasteiger partial charge >= 0.3 is 0 Å². The summed E-state index contributed by atoms with van der Waals surface area (Å²) in [6.45, 7) is 7.18. The van der Waals surface area contributed by atoms with Gasteiger partial charge in [0.1, 0.15) is 18.4 Å². The monoisotopic (exact) mass is 539 g/mol. The Hall–Kier alpha value is -3.72. The average Bonchev–Trinajstić information content (AvgIpc) is 2.90. The molecule has 0 aliphatic heterocycles. The Morgan fingerprint density at radius 2 is 1.45 bits per heavy atom. The number of amides is 2. The molecule has 0 fully saturated rings. The van der Waals surface area contributed by atoms with Crippen LogP contribution >= 0.6 is 0 Å². The summed E-state index contributed by atoms with van der Waals surface area (Å²) < 4.78 is 42.1. The lowest BCUT2D eigenvalue weighted by atomic mass is 10.1. The maximum atomic E-state index is 13.8. The molecule has 7 nitrogen and oxygen atoms in total. The normalized spacial score (nSPS) is 12.0. The Balaban J connectivity index is 2.00. The van der Waals surface area contributed by atoms with Gasteiger partial charge in [-0.3, -0.25) is 13.9 Å². The van der Waals surface area contributed by atoms with Crippen LogP contribution in [0.5, 0.6) is 0 Å². The van der Waals surface area contributed by atoms with Crippen LogP contribution in [-0.2, 0) is 26.2 Å². The molecule has 3 aromatic rings. The fraction of sp³-hybridized carbons (Fsp3) is 0.310. The van der Waals surface area contributed by atoms with Crippen molar-refractivity contribution in [2.45, 2.75) is 51.6 Å². The van der Waals surface area contributed by atoms with Crippen LogP contribution in [0.25, 0.3) is 0 Å². The number of nitrogens with one attached hydrogen (secondary N) is 1. The zero-order chi connectivity index (χ0) is 27.9. The van der Waals surface area contributed by atoms with E-state index in [0.717, 1.165) is 21.9 Å². The van der Waals surface area contributed by atoms with Crippen molar-refractivity contribution in [1.29, 1.82) is 0 Å². The Morgan fingerprint density at radius 1 is 0.895 bits per heavy atom. The van der Waals surface area contributed by atoms with Gasteiger partial charge in [-0.1, -0.05) is 54.4 Å². The molecule has 2 amide bonds. The number of sulfonamides is 1. The third-order valence-corrected chi connectivity index (χ3v) is 7.98. The molecule has 0 aliphatic carbocycles. The number of halogens is 1. The standard InChI is InChI=1S/C29H34FN3O4S/c1-5-18-31-29(35)23(4)32(19-24-10-12-25(30)13-11-24)28(34)20-33(26-14-6-21(2)7-15-26)38(36,37)27-16-8-22(3)9-17-27/h6-17,23H,5,18-20H2,1-4H3,(H,31,35)/t23-/m1/s1. The van der Waals surface area contributed by atoms with Gasteiger partial charge in [0.15, 0.2) is 0 Å². The topological polar surface area (TPSA) is 86.8 Å². The van der Waals surface area contributed by atoms with Crippen LogP contribution in [0.15, 0.2) is 77.7 Å². The third-order valence-electron chi connectivity index (χ3n) is 6.19. The maximum Gasteiger partial charge on any atom is 0.264 e. The van der Waals surface area contributed by atoms with Crippen molar-refractivity contribution in [2.75, 3.05) is 17.4 Å². The van der Waals surface area contributed by atoms with E-state index in [4.69, 9.17) is 0 Å². The van der Waals surface area contributed by atoms with Crippen LogP contribution in [0.2, 0.25) is 0 Å². The van der Waals surface area contributed by atoms with Crippen LogP contribution in [0, 0.1) is 19.7 Å². The van der Waals surface area contributed by atoms with Crippen molar-refractivity contribution in [3.8, 4) is 0 Å². The minimum atomic E-state index is -4.12. The Bertz CT molecular complexity index is 1340. The van der Waals surface area contributed by atoms with Crippen molar-refractivity contribution in [3.05, 3.63) is 95.3 Å². The third kappa shape index (κ3) is 7.19. The molecule has 3 aromatic carbocycles.